The monoisotopic (exact) mass is 191 g/mol. The molecule has 1 aliphatic carbocycles. The average Bonchev–Trinajstić information content (AvgIpc) is 2.11. The SMILES string of the molecule is Cc1ccc(C2(N)CCC2)c(C)c1O. The molecule has 0 heterocycles. The molecule has 76 valence electrons. The molecule has 0 saturated heterocycles. The fourth-order valence-electron chi connectivity index (χ4n) is 2.20. The summed E-state index contributed by atoms with van der Waals surface area (Å²) in [6, 6.07) is 4.01. The van der Waals surface area contributed by atoms with Gasteiger partial charge < -0.3 is 10.8 Å². The zero-order valence-corrected chi connectivity index (χ0v) is 8.80. The Balaban J connectivity index is 2.49. The van der Waals surface area contributed by atoms with Crippen molar-refractivity contribution in [3.63, 3.8) is 0 Å². The van der Waals surface area contributed by atoms with Crippen LogP contribution in [0.3, 0.4) is 0 Å². The van der Waals surface area contributed by atoms with E-state index in [1.165, 1.54) is 6.42 Å². The van der Waals surface area contributed by atoms with Crippen LogP contribution < -0.4 is 5.73 Å². The number of phenols is 1. The van der Waals surface area contributed by atoms with Crippen LogP contribution in [-0.4, -0.2) is 5.11 Å². The second kappa shape index (κ2) is 2.99. The number of benzene rings is 1. The molecule has 0 atom stereocenters. The van der Waals surface area contributed by atoms with E-state index in [2.05, 4.69) is 6.07 Å². The zero-order valence-electron chi connectivity index (χ0n) is 8.80. The van der Waals surface area contributed by atoms with Crippen molar-refractivity contribution in [3.05, 3.63) is 28.8 Å². The molecule has 3 N–H and O–H groups in total. The number of hydrogen-bond donors (Lipinski definition) is 2. The molecule has 0 amide bonds. The Kier molecular flexibility index (Phi) is 2.04. The van der Waals surface area contributed by atoms with Gasteiger partial charge in [-0.15, -0.1) is 0 Å². The van der Waals surface area contributed by atoms with Gasteiger partial charge >= 0.3 is 0 Å². The van der Waals surface area contributed by atoms with Gasteiger partial charge in [-0.2, -0.15) is 0 Å². The first kappa shape index (κ1) is 9.53. The Labute approximate surface area is 84.7 Å². The first-order chi connectivity index (χ1) is 6.54. The summed E-state index contributed by atoms with van der Waals surface area (Å²) >= 11 is 0. The van der Waals surface area contributed by atoms with Gasteiger partial charge in [-0.05, 0) is 49.8 Å². The topological polar surface area (TPSA) is 46.2 Å². The van der Waals surface area contributed by atoms with Gasteiger partial charge in [0.05, 0.1) is 0 Å². The third kappa shape index (κ3) is 1.22. The van der Waals surface area contributed by atoms with Crippen LogP contribution in [0.5, 0.6) is 5.75 Å². The van der Waals surface area contributed by atoms with Crippen molar-refractivity contribution in [3.8, 4) is 5.75 Å². The summed E-state index contributed by atoms with van der Waals surface area (Å²) in [6.45, 7) is 3.86. The maximum Gasteiger partial charge on any atom is 0.121 e. The van der Waals surface area contributed by atoms with Crippen LogP contribution in [0, 0.1) is 13.8 Å². The largest absolute Gasteiger partial charge is 0.507 e. The van der Waals surface area contributed by atoms with Gasteiger partial charge in [-0.3, -0.25) is 0 Å². The van der Waals surface area contributed by atoms with Crippen molar-refractivity contribution in [1.82, 2.24) is 0 Å². The Hall–Kier alpha value is -1.02. The normalized spacial score (nSPS) is 19.1. The fourth-order valence-corrected chi connectivity index (χ4v) is 2.20. The summed E-state index contributed by atoms with van der Waals surface area (Å²) in [7, 11) is 0. The molecule has 1 aromatic rings. The van der Waals surface area contributed by atoms with Gasteiger partial charge in [0.25, 0.3) is 0 Å². The predicted molar refractivity (Wildman–Crippen MR) is 57.3 cm³/mol. The predicted octanol–water partition coefficient (Wildman–Crippen LogP) is 2.35. The second-order valence-electron chi connectivity index (χ2n) is 4.41. The van der Waals surface area contributed by atoms with Crippen LogP contribution in [0.2, 0.25) is 0 Å². The average molecular weight is 191 g/mol. The highest BCUT2D eigenvalue weighted by atomic mass is 16.3. The number of aryl methyl sites for hydroxylation is 1. The van der Waals surface area contributed by atoms with E-state index >= 15 is 0 Å². The highest BCUT2D eigenvalue weighted by Crippen LogP contribution is 2.42. The highest BCUT2D eigenvalue weighted by molar-refractivity contribution is 5.47. The summed E-state index contributed by atoms with van der Waals surface area (Å²) in [5, 5.41) is 9.81. The van der Waals surface area contributed by atoms with E-state index in [0.29, 0.717) is 5.75 Å². The quantitative estimate of drug-likeness (QED) is 0.715. The molecule has 0 bridgehead atoms. The van der Waals surface area contributed by atoms with Crippen molar-refractivity contribution in [2.75, 3.05) is 0 Å². The first-order valence-corrected chi connectivity index (χ1v) is 5.13. The van der Waals surface area contributed by atoms with Gasteiger partial charge in [0.2, 0.25) is 0 Å². The van der Waals surface area contributed by atoms with E-state index < -0.39 is 0 Å². The zero-order chi connectivity index (χ0) is 10.3. The van der Waals surface area contributed by atoms with Crippen molar-refractivity contribution in [2.45, 2.75) is 38.6 Å². The van der Waals surface area contributed by atoms with E-state index in [1.807, 2.05) is 19.9 Å². The molecule has 2 nitrogen and oxygen atoms in total. The molecule has 1 aliphatic rings. The Bertz CT molecular complexity index is 367. The minimum absolute atomic E-state index is 0.171. The fraction of sp³-hybridized carbons (Fsp3) is 0.500. The van der Waals surface area contributed by atoms with Gasteiger partial charge in [0, 0.05) is 5.54 Å². The van der Waals surface area contributed by atoms with Gasteiger partial charge in [-0.25, -0.2) is 0 Å². The van der Waals surface area contributed by atoms with Crippen molar-refractivity contribution < 1.29 is 5.11 Å². The molecule has 2 rings (SSSR count). The Morgan fingerprint density at radius 3 is 2.43 bits per heavy atom. The molecule has 0 spiro atoms. The minimum atomic E-state index is -0.171. The first-order valence-electron chi connectivity index (χ1n) is 5.13. The van der Waals surface area contributed by atoms with E-state index in [-0.39, 0.29) is 5.54 Å². The van der Waals surface area contributed by atoms with Crippen LogP contribution in [0.15, 0.2) is 12.1 Å². The standard InChI is InChI=1S/C12H17NO/c1-8-4-5-10(9(2)11(8)14)12(13)6-3-7-12/h4-5,14H,3,6-7,13H2,1-2H3. The molecule has 0 radical (unpaired) electrons. The molecule has 0 aliphatic heterocycles. The van der Waals surface area contributed by atoms with Crippen LogP contribution >= 0.6 is 0 Å². The highest BCUT2D eigenvalue weighted by Gasteiger charge is 2.35. The molecular formula is C12H17NO. The van der Waals surface area contributed by atoms with Crippen LogP contribution in [0.4, 0.5) is 0 Å². The molecule has 14 heavy (non-hydrogen) atoms. The lowest BCUT2D eigenvalue weighted by Crippen LogP contribution is -2.43. The van der Waals surface area contributed by atoms with Crippen molar-refractivity contribution >= 4 is 0 Å². The van der Waals surface area contributed by atoms with Crippen LogP contribution in [0.25, 0.3) is 0 Å². The van der Waals surface area contributed by atoms with Crippen molar-refractivity contribution in [2.24, 2.45) is 5.73 Å². The molecule has 0 aromatic heterocycles. The van der Waals surface area contributed by atoms with Crippen molar-refractivity contribution in [1.29, 1.82) is 0 Å². The van der Waals surface area contributed by atoms with Crippen LogP contribution in [-0.2, 0) is 5.54 Å². The molecular weight excluding hydrogens is 174 g/mol. The maximum atomic E-state index is 9.81. The number of nitrogens with two attached hydrogens (primary N) is 1. The van der Waals surface area contributed by atoms with Crippen LogP contribution in [0.1, 0.15) is 36.0 Å². The van der Waals surface area contributed by atoms with E-state index in [0.717, 1.165) is 29.5 Å². The minimum Gasteiger partial charge on any atom is -0.507 e. The van der Waals surface area contributed by atoms with E-state index in [4.69, 9.17) is 5.73 Å². The number of hydrogen-bond acceptors (Lipinski definition) is 2. The molecule has 2 heteroatoms. The van der Waals surface area contributed by atoms with Gasteiger partial charge in [0.1, 0.15) is 5.75 Å². The lowest BCUT2D eigenvalue weighted by Gasteiger charge is -2.39. The number of phenolic OH excluding ortho intramolecular Hbond substituents is 1. The van der Waals surface area contributed by atoms with Gasteiger partial charge in [0.15, 0.2) is 0 Å². The summed E-state index contributed by atoms with van der Waals surface area (Å²) in [6.07, 6.45) is 3.28. The Morgan fingerprint density at radius 2 is 1.93 bits per heavy atom. The smallest absolute Gasteiger partial charge is 0.121 e. The lowest BCUT2D eigenvalue weighted by molar-refractivity contribution is 0.251. The second-order valence-corrected chi connectivity index (χ2v) is 4.41. The van der Waals surface area contributed by atoms with Gasteiger partial charge in [-0.1, -0.05) is 12.1 Å². The molecule has 0 unspecified atom stereocenters. The third-order valence-electron chi connectivity index (χ3n) is 3.41. The van der Waals surface area contributed by atoms with E-state index in [9.17, 15) is 5.11 Å². The maximum absolute atomic E-state index is 9.81. The number of aromatic hydroxyl groups is 1. The summed E-state index contributed by atoms with van der Waals surface area (Å²) in [5.74, 6) is 0.402. The summed E-state index contributed by atoms with van der Waals surface area (Å²) in [5.41, 5.74) is 9.06. The lowest BCUT2D eigenvalue weighted by atomic mass is 9.71. The summed E-state index contributed by atoms with van der Waals surface area (Å²) in [4.78, 5) is 0. The Morgan fingerprint density at radius 1 is 1.29 bits per heavy atom. The third-order valence-corrected chi connectivity index (χ3v) is 3.41. The molecule has 1 saturated carbocycles. The summed E-state index contributed by atoms with van der Waals surface area (Å²) < 4.78 is 0. The van der Waals surface area contributed by atoms with E-state index in [1.54, 1.807) is 0 Å². The molecule has 1 fully saturated rings. The number of rotatable bonds is 1. The molecule has 1 aromatic carbocycles.